The third kappa shape index (κ3) is 5.30. The summed E-state index contributed by atoms with van der Waals surface area (Å²) >= 11 is 1.31. The van der Waals surface area contributed by atoms with Crippen LogP contribution in [0.15, 0.2) is 16.0 Å². The molecule has 2 aromatic heterocycles. The number of aromatic nitrogens is 4. The molecule has 4 rings (SSSR count). The number of fused-ring (bicyclic) bond motifs is 2. The monoisotopic (exact) mass is 466 g/mol. The number of rotatable bonds is 5. The van der Waals surface area contributed by atoms with E-state index in [4.69, 9.17) is 14.6 Å². The van der Waals surface area contributed by atoms with Gasteiger partial charge < -0.3 is 19.6 Å². The van der Waals surface area contributed by atoms with E-state index >= 15 is 0 Å². The lowest BCUT2D eigenvalue weighted by atomic mass is 9.77. The van der Waals surface area contributed by atoms with Crippen LogP contribution in [0.25, 0.3) is 5.78 Å². The van der Waals surface area contributed by atoms with E-state index in [1.807, 2.05) is 4.90 Å². The lowest BCUT2D eigenvalue weighted by molar-refractivity contribution is -0.127. The largest absolute Gasteiger partial charge is 0.483 e. The Labute approximate surface area is 190 Å². The van der Waals surface area contributed by atoms with Crippen molar-refractivity contribution in [1.29, 1.82) is 0 Å². The molecule has 1 aliphatic carbocycles. The van der Waals surface area contributed by atoms with Gasteiger partial charge in [-0.15, -0.1) is 0 Å². The van der Waals surface area contributed by atoms with Crippen molar-refractivity contribution in [3.8, 4) is 0 Å². The SMILES string of the molecule is CO[C@@H]1C[C@H]2CN(C(=O)CSc3nc4nc(C)cc(=O)n4[nH]3)C[C@H]2C[C@H]1N(C)C.O=CO. The van der Waals surface area contributed by atoms with Gasteiger partial charge in [0.15, 0.2) is 5.16 Å². The number of methoxy groups -OCH3 is 1. The summed E-state index contributed by atoms with van der Waals surface area (Å²) in [7, 11) is 5.98. The number of thioether (sulfide) groups is 1. The highest BCUT2D eigenvalue weighted by molar-refractivity contribution is 7.99. The van der Waals surface area contributed by atoms with Crippen LogP contribution in [-0.2, 0) is 14.3 Å². The number of carbonyl (C=O) groups excluding carboxylic acids is 1. The fourth-order valence-electron chi connectivity index (χ4n) is 4.65. The molecule has 11 nitrogen and oxygen atoms in total. The van der Waals surface area contributed by atoms with Gasteiger partial charge in [0.2, 0.25) is 5.91 Å². The Morgan fingerprint density at radius 3 is 2.62 bits per heavy atom. The van der Waals surface area contributed by atoms with Crippen LogP contribution in [0, 0.1) is 18.8 Å². The summed E-state index contributed by atoms with van der Waals surface area (Å²) < 4.78 is 7.03. The van der Waals surface area contributed by atoms with Crippen molar-refractivity contribution < 1.29 is 19.4 Å². The summed E-state index contributed by atoms with van der Waals surface area (Å²) in [6.45, 7) is 3.11. The van der Waals surface area contributed by atoms with Crippen molar-refractivity contribution in [2.75, 3.05) is 40.0 Å². The number of hydrogen-bond acceptors (Lipinski definition) is 8. The molecule has 1 aliphatic heterocycles. The number of likely N-dealkylation sites (N-methyl/N-ethyl adjacent to an activating group) is 1. The average Bonchev–Trinajstić information content (AvgIpc) is 3.35. The standard InChI is InChI=1S/C19H28N6O3S.CH2O2/c1-11-5-16(26)25-18(20-11)21-19(22-25)29-10-17(27)24-8-12-6-14(23(2)3)15(28-4)7-13(12)9-24;2-1-3/h5,12-15H,6-10H2,1-4H3,(H,20,21,22);1H,(H,2,3)/t12-,13+,14-,15-;/m1./s1. The molecule has 3 heterocycles. The topological polar surface area (TPSA) is 133 Å². The number of ether oxygens (including phenoxy) is 1. The molecule has 32 heavy (non-hydrogen) atoms. The summed E-state index contributed by atoms with van der Waals surface area (Å²) in [6, 6.07) is 1.85. The zero-order chi connectivity index (χ0) is 23.4. The van der Waals surface area contributed by atoms with Gasteiger partial charge in [-0.2, -0.15) is 9.50 Å². The number of H-pyrrole nitrogens is 1. The molecule has 12 heteroatoms. The Morgan fingerprint density at radius 1 is 1.34 bits per heavy atom. The zero-order valence-corrected chi connectivity index (χ0v) is 19.5. The lowest BCUT2D eigenvalue weighted by Crippen LogP contribution is -2.47. The first kappa shape index (κ1) is 24.2. The van der Waals surface area contributed by atoms with E-state index in [-0.39, 0.29) is 29.8 Å². The minimum atomic E-state index is -0.250. The normalized spacial score (nSPS) is 24.8. The number of carboxylic acid groups (broad SMARTS) is 1. The van der Waals surface area contributed by atoms with E-state index in [1.165, 1.54) is 22.3 Å². The Balaban J connectivity index is 0.000000913. The molecule has 2 aliphatic rings. The predicted molar refractivity (Wildman–Crippen MR) is 119 cm³/mol. The highest BCUT2D eigenvalue weighted by Crippen LogP contribution is 2.39. The maximum absolute atomic E-state index is 12.8. The van der Waals surface area contributed by atoms with Gasteiger partial charge in [-0.1, -0.05) is 11.8 Å². The molecule has 0 spiro atoms. The van der Waals surface area contributed by atoms with E-state index in [1.54, 1.807) is 14.0 Å². The van der Waals surface area contributed by atoms with E-state index in [0.29, 0.717) is 34.5 Å². The second kappa shape index (κ2) is 10.5. The van der Waals surface area contributed by atoms with Gasteiger partial charge in [-0.05, 0) is 45.7 Å². The highest BCUT2D eigenvalue weighted by atomic mass is 32.2. The minimum absolute atomic E-state index is 0.108. The van der Waals surface area contributed by atoms with Gasteiger partial charge in [0.1, 0.15) is 0 Å². The van der Waals surface area contributed by atoms with Gasteiger partial charge in [-0.3, -0.25) is 19.5 Å². The maximum Gasteiger partial charge on any atom is 0.290 e. The molecule has 176 valence electrons. The fourth-order valence-corrected chi connectivity index (χ4v) is 5.39. The summed E-state index contributed by atoms with van der Waals surface area (Å²) in [4.78, 5) is 45.9. The number of hydrogen-bond donors (Lipinski definition) is 2. The van der Waals surface area contributed by atoms with Crippen LogP contribution in [0.3, 0.4) is 0 Å². The van der Waals surface area contributed by atoms with Crippen LogP contribution in [0.2, 0.25) is 0 Å². The molecule has 1 saturated heterocycles. The molecule has 1 saturated carbocycles. The minimum Gasteiger partial charge on any atom is -0.483 e. The fraction of sp³-hybridized carbons (Fsp3) is 0.650. The van der Waals surface area contributed by atoms with Crippen molar-refractivity contribution in [2.45, 2.75) is 37.1 Å². The zero-order valence-electron chi connectivity index (χ0n) is 18.7. The molecule has 1 amide bonds. The van der Waals surface area contributed by atoms with E-state index in [0.717, 1.165) is 25.9 Å². The Morgan fingerprint density at radius 2 is 2.00 bits per heavy atom. The van der Waals surface area contributed by atoms with Gasteiger partial charge in [0.25, 0.3) is 17.8 Å². The third-order valence-electron chi connectivity index (χ3n) is 6.17. The number of nitrogens with one attached hydrogen (secondary N) is 1. The molecular formula is C20H30N6O5S. The van der Waals surface area contributed by atoms with Gasteiger partial charge >= 0.3 is 0 Å². The van der Waals surface area contributed by atoms with Crippen molar-refractivity contribution >= 4 is 29.9 Å². The number of likely N-dealkylation sites (tertiary alicyclic amines) is 1. The second-order valence-electron chi connectivity index (χ2n) is 8.39. The van der Waals surface area contributed by atoms with E-state index in [2.05, 4.69) is 34.1 Å². The van der Waals surface area contributed by atoms with Crippen molar-refractivity contribution in [3.63, 3.8) is 0 Å². The van der Waals surface area contributed by atoms with Crippen LogP contribution >= 0.6 is 11.8 Å². The van der Waals surface area contributed by atoms with Crippen molar-refractivity contribution in [2.24, 2.45) is 11.8 Å². The van der Waals surface area contributed by atoms with Gasteiger partial charge in [-0.25, -0.2) is 4.98 Å². The van der Waals surface area contributed by atoms with Crippen LogP contribution in [0.1, 0.15) is 18.5 Å². The van der Waals surface area contributed by atoms with E-state index < -0.39 is 0 Å². The van der Waals surface area contributed by atoms with Crippen molar-refractivity contribution in [3.05, 3.63) is 22.1 Å². The first-order chi connectivity index (χ1) is 15.3. The van der Waals surface area contributed by atoms with Crippen molar-refractivity contribution in [1.82, 2.24) is 29.4 Å². The number of aromatic amines is 1. The van der Waals surface area contributed by atoms with Crippen LogP contribution in [0.5, 0.6) is 0 Å². The number of carbonyl (C=O) groups is 2. The summed E-state index contributed by atoms with van der Waals surface area (Å²) in [5.74, 6) is 1.76. The summed E-state index contributed by atoms with van der Waals surface area (Å²) in [5, 5.41) is 10.3. The Bertz CT molecular complexity index is 1010. The number of amides is 1. The number of aryl methyl sites for hydroxylation is 1. The molecule has 0 aromatic carbocycles. The lowest BCUT2D eigenvalue weighted by Gasteiger charge is -2.40. The molecule has 2 fully saturated rings. The highest BCUT2D eigenvalue weighted by Gasteiger charge is 2.44. The first-order valence-electron chi connectivity index (χ1n) is 10.4. The van der Waals surface area contributed by atoms with E-state index in [9.17, 15) is 9.59 Å². The van der Waals surface area contributed by atoms with Gasteiger partial charge in [0.05, 0.1) is 11.9 Å². The van der Waals surface area contributed by atoms with Crippen LogP contribution in [-0.4, -0.2) is 99.1 Å². The first-order valence-corrected chi connectivity index (χ1v) is 11.4. The maximum atomic E-state index is 12.8. The average molecular weight is 467 g/mol. The second-order valence-corrected chi connectivity index (χ2v) is 9.35. The summed E-state index contributed by atoms with van der Waals surface area (Å²) in [6.07, 6.45) is 2.28. The molecule has 0 bridgehead atoms. The van der Waals surface area contributed by atoms with Crippen LogP contribution < -0.4 is 5.56 Å². The predicted octanol–water partition coefficient (Wildman–Crippen LogP) is 0.333. The molecule has 0 unspecified atom stereocenters. The Kier molecular flexibility index (Phi) is 7.91. The summed E-state index contributed by atoms with van der Waals surface area (Å²) in [5.41, 5.74) is 0.420. The molecular weight excluding hydrogens is 436 g/mol. The quantitative estimate of drug-likeness (QED) is 0.472. The van der Waals surface area contributed by atoms with Crippen LogP contribution in [0.4, 0.5) is 0 Å². The molecule has 2 N–H and O–H groups in total. The van der Waals surface area contributed by atoms with Gasteiger partial charge in [0, 0.05) is 38.0 Å². The number of nitrogens with zero attached hydrogens (tertiary/aromatic N) is 5. The third-order valence-corrected chi connectivity index (χ3v) is 7.02. The molecule has 4 atom stereocenters. The Hall–Kier alpha value is -2.44. The molecule has 2 aromatic rings. The smallest absolute Gasteiger partial charge is 0.290 e. The molecule has 0 radical (unpaired) electrons.